The molecular weight excluding hydrogens is 366 g/mol. The van der Waals surface area contributed by atoms with Crippen LogP contribution in [0.2, 0.25) is 0 Å². The van der Waals surface area contributed by atoms with Crippen molar-refractivity contribution in [3.05, 3.63) is 85.8 Å². The first kappa shape index (κ1) is 21.2. The molecule has 1 aromatic carbocycles. The normalized spacial score (nSPS) is 9.55. The van der Waals surface area contributed by atoms with Crippen LogP contribution >= 0.6 is 0 Å². The maximum absolute atomic E-state index is 11.4. The van der Waals surface area contributed by atoms with Crippen LogP contribution in [0.5, 0.6) is 0 Å². The zero-order valence-corrected chi connectivity index (χ0v) is 16.1. The van der Waals surface area contributed by atoms with Gasteiger partial charge in [0.2, 0.25) is 0 Å². The third-order valence-electron chi connectivity index (χ3n) is 3.88. The molecule has 7 nitrogen and oxygen atoms in total. The SMILES string of the molecule is C=C.C=O.CC(=O)c1ccc(Nc2ccnc3cc(-c4cccnc4)nn23)cc1. The summed E-state index contributed by atoms with van der Waals surface area (Å²) in [5.41, 5.74) is 4.04. The Kier molecular flexibility index (Phi) is 7.50. The standard InChI is InChI=1S/C19H15N5O.C2H4.CH2O/c1-13(25)14-4-6-16(7-5-14)22-18-8-10-21-19-11-17(23-24(18)19)15-3-2-9-20-12-15;2*1-2/h2-12,22H,1H3;1-2H2;1H2. The molecule has 146 valence electrons. The second-order valence-electron chi connectivity index (χ2n) is 5.63. The number of nitrogens with zero attached hydrogens (tertiary/aromatic N) is 4. The van der Waals surface area contributed by atoms with Gasteiger partial charge in [0.25, 0.3) is 0 Å². The second-order valence-corrected chi connectivity index (χ2v) is 5.63. The van der Waals surface area contributed by atoms with Crippen molar-refractivity contribution in [2.24, 2.45) is 0 Å². The van der Waals surface area contributed by atoms with Crippen molar-refractivity contribution in [3.63, 3.8) is 0 Å². The molecule has 7 heteroatoms. The maximum atomic E-state index is 11.4. The zero-order chi connectivity index (χ0) is 21.2. The van der Waals surface area contributed by atoms with Crippen LogP contribution in [0.15, 0.2) is 80.3 Å². The van der Waals surface area contributed by atoms with Gasteiger partial charge in [0.05, 0.1) is 5.69 Å². The average Bonchev–Trinajstić information content (AvgIpc) is 3.23. The molecule has 0 radical (unpaired) electrons. The van der Waals surface area contributed by atoms with E-state index in [2.05, 4.69) is 33.5 Å². The molecule has 4 rings (SSSR count). The number of pyridine rings is 1. The van der Waals surface area contributed by atoms with Gasteiger partial charge in [0.15, 0.2) is 11.4 Å². The van der Waals surface area contributed by atoms with Gasteiger partial charge < -0.3 is 10.1 Å². The van der Waals surface area contributed by atoms with E-state index in [0.29, 0.717) is 5.56 Å². The van der Waals surface area contributed by atoms with Gasteiger partial charge in [0.1, 0.15) is 12.6 Å². The summed E-state index contributed by atoms with van der Waals surface area (Å²) in [6, 6.07) is 14.9. The van der Waals surface area contributed by atoms with Crippen molar-refractivity contribution in [1.29, 1.82) is 0 Å². The van der Waals surface area contributed by atoms with E-state index in [0.717, 1.165) is 28.4 Å². The van der Waals surface area contributed by atoms with Crippen molar-refractivity contribution < 1.29 is 9.59 Å². The third kappa shape index (κ3) is 4.98. The summed E-state index contributed by atoms with van der Waals surface area (Å²) in [5, 5.41) is 7.93. The van der Waals surface area contributed by atoms with Crippen molar-refractivity contribution in [2.75, 3.05) is 5.32 Å². The van der Waals surface area contributed by atoms with Crippen molar-refractivity contribution in [2.45, 2.75) is 6.92 Å². The number of aromatic nitrogens is 4. The number of hydrogen-bond donors (Lipinski definition) is 1. The lowest BCUT2D eigenvalue weighted by Crippen LogP contribution is -2.01. The number of rotatable bonds is 4. The smallest absolute Gasteiger partial charge is 0.159 e. The highest BCUT2D eigenvalue weighted by molar-refractivity contribution is 5.94. The van der Waals surface area contributed by atoms with E-state index in [1.54, 1.807) is 42.2 Å². The summed E-state index contributed by atoms with van der Waals surface area (Å²) in [7, 11) is 0. The molecule has 0 unspecified atom stereocenters. The number of ketones is 1. The van der Waals surface area contributed by atoms with Crippen LogP contribution in [-0.2, 0) is 4.79 Å². The molecule has 0 spiro atoms. The highest BCUT2D eigenvalue weighted by Crippen LogP contribution is 2.22. The summed E-state index contributed by atoms with van der Waals surface area (Å²) in [4.78, 5) is 27.9. The fourth-order valence-electron chi connectivity index (χ4n) is 2.58. The average molecular weight is 387 g/mol. The Morgan fingerprint density at radius 3 is 2.38 bits per heavy atom. The molecular formula is C22H21N5O2. The minimum absolute atomic E-state index is 0.0473. The summed E-state index contributed by atoms with van der Waals surface area (Å²) < 4.78 is 1.75. The van der Waals surface area contributed by atoms with Gasteiger partial charge in [-0.2, -0.15) is 9.61 Å². The first-order valence-corrected chi connectivity index (χ1v) is 8.63. The number of carbonyl (C=O) groups is 2. The minimum atomic E-state index is 0.0473. The fourth-order valence-corrected chi connectivity index (χ4v) is 2.58. The summed E-state index contributed by atoms with van der Waals surface area (Å²) in [6.45, 7) is 9.55. The molecule has 0 bridgehead atoms. The maximum Gasteiger partial charge on any atom is 0.159 e. The Hall–Kier alpha value is -4.13. The summed E-state index contributed by atoms with van der Waals surface area (Å²) in [6.07, 6.45) is 5.24. The lowest BCUT2D eigenvalue weighted by molar-refractivity contribution is -0.0980. The van der Waals surface area contributed by atoms with E-state index in [9.17, 15) is 4.79 Å². The summed E-state index contributed by atoms with van der Waals surface area (Å²) in [5.74, 6) is 0.835. The van der Waals surface area contributed by atoms with Crippen LogP contribution in [0.25, 0.3) is 16.9 Å². The van der Waals surface area contributed by atoms with E-state index >= 15 is 0 Å². The predicted molar refractivity (Wildman–Crippen MR) is 114 cm³/mol. The van der Waals surface area contributed by atoms with Crippen molar-refractivity contribution in [1.82, 2.24) is 19.6 Å². The molecule has 0 fully saturated rings. The largest absolute Gasteiger partial charge is 0.340 e. The number of anilines is 2. The van der Waals surface area contributed by atoms with Gasteiger partial charge in [-0.15, -0.1) is 13.2 Å². The predicted octanol–water partition coefficient (Wildman–Crippen LogP) is 4.35. The third-order valence-corrected chi connectivity index (χ3v) is 3.88. The van der Waals surface area contributed by atoms with Gasteiger partial charge in [0, 0.05) is 41.5 Å². The second kappa shape index (κ2) is 10.3. The lowest BCUT2D eigenvalue weighted by atomic mass is 10.1. The first-order chi connectivity index (χ1) is 14.2. The van der Waals surface area contributed by atoms with Gasteiger partial charge >= 0.3 is 0 Å². The van der Waals surface area contributed by atoms with Crippen LogP contribution in [0.3, 0.4) is 0 Å². The Labute approximate surface area is 168 Å². The molecule has 4 aromatic rings. The molecule has 0 aliphatic carbocycles. The van der Waals surface area contributed by atoms with Crippen LogP contribution in [0.4, 0.5) is 11.5 Å². The molecule has 3 heterocycles. The van der Waals surface area contributed by atoms with Crippen LogP contribution in [0.1, 0.15) is 17.3 Å². The molecule has 3 aromatic heterocycles. The fraction of sp³-hybridized carbons (Fsp3) is 0.0455. The van der Waals surface area contributed by atoms with E-state index in [1.807, 2.05) is 43.2 Å². The minimum Gasteiger partial charge on any atom is -0.340 e. The number of Topliss-reactive ketones (excluding diaryl/α,β-unsaturated/α-hetero) is 1. The van der Waals surface area contributed by atoms with E-state index < -0.39 is 0 Å². The number of carbonyl (C=O) groups excluding carboxylic acids is 2. The lowest BCUT2D eigenvalue weighted by Gasteiger charge is -2.08. The Balaban J connectivity index is 0.000000707. The van der Waals surface area contributed by atoms with Gasteiger partial charge in [-0.05, 0) is 49.4 Å². The summed E-state index contributed by atoms with van der Waals surface area (Å²) >= 11 is 0. The molecule has 0 aliphatic rings. The molecule has 0 saturated heterocycles. The van der Waals surface area contributed by atoms with E-state index in [1.165, 1.54) is 0 Å². The Morgan fingerprint density at radius 2 is 1.76 bits per heavy atom. The van der Waals surface area contributed by atoms with Crippen molar-refractivity contribution >= 4 is 29.7 Å². The number of nitrogens with one attached hydrogen (secondary N) is 1. The quantitative estimate of drug-likeness (QED) is 0.413. The molecule has 1 N–H and O–H groups in total. The van der Waals surface area contributed by atoms with Crippen LogP contribution in [0, 0.1) is 0 Å². The van der Waals surface area contributed by atoms with E-state index in [4.69, 9.17) is 4.79 Å². The Bertz CT molecular complexity index is 1070. The number of benzene rings is 1. The monoisotopic (exact) mass is 387 g/mol. The first-order valence-electron chi connectivity index (χ1n) is 8.63. The Morgan fingerprint density at radius 1 is 1.03 bits per heavy atom. The topological polar surface area (TPSA) is 89.2 Å². The molecule has 0 atom stereocenters. The molecule has 29 heavy (non-hydrogen) atoms. The van der Waals surface area contributed by atoms with Crippen molar-refractivity contribution in [3.8, 4) is 11.3 Å². The number of fused-ring (bicyclic) bond motifs is 1. The number of hydrogen-bond acceptors (Lipinski definition) is 6. The van der Waals surface area contributed by atoms with Crippen LogP contribution < -0.4 is 5.32 Å². The zero-order valence-electron chi connectivity index (χ0n) is 16.1. The van der Waals surface area contributed by atoms with Gasteiger partial charge in [-0.25, -0.2) is 4.98 Å². The molecule has 0 aliphatic heterocycles. The molecule has 0 saturated carbocycles. The van der Waals surface area contributed by atoms with Gasteiger partial charge in [-0.1, -0.05) is 0 Å². The highest BCUT2D eigenvalue weighted by atomic mass is 16.1. The van der Waals surface area contributed by atoms with Gasteiger partial charge in [-0.3, -0.25) is 9.78 Å². The highest BCUT2D eigenvalue weighted by Gasteiger charge is 2.09. The molecule has 0 amide bonds. The van der Waals surface area contributed by atoms with Crippen LogP contribution in [-0.4, -0.2) is 32.2 Å². The van der Waals surface area contributed by atoms with E-state index in [-0.39, 0.29) is 5.78 Å².